The van der Waals surface area contributed by atoms with E-state index in [0.29, 0.717) is 6.54 Å². The quantitative estimate of drug-likeness (QED) is 0.821. The standard InChI is InChI=1S/C16H22N2O/c1-3-9-18(10-4-2)16(19)15-11-13-7-5-6-8-14(13)12-17-15/h3,5-8,15,17H,1,4,9-12H2,2H3/t15-/m0/s1. The van der Waals surface area contributed by atoms with Crippen LogP contribution in [0.25, 0.3) is 0 Å². The second kappa shape index (κ2) is 6.53. The number of hydrogen-bond donors (Lipinski definition) is 1. The second-order valence-corrected chi connectivity index (χ2v) is 4.98. The maximum absolute atomic E-state index is 12.5. The van der Waals surface area contributed by atoms with Gasteiger partial charge in [-0.1, -0.05) is 37.3 Å². The zero-order valence-electron chi connectivity index (χ0n) is 11.6. The molecule has 1 heterocycles. The molecule has 19 heavy (non-hydrogen) atoms. The first-order valence-corrected chi connectivity index (χ1v) is 6.96. The van der Waals surface area contributed by atoms with Gasteiger partial charge in [-0.05, 0) is 24.0 Å². The lowest BCUT2D eigenvalue weighted by Gasteiger charge is -2.30. The summed E-state index contributed by atoms with van der Waals surface area (Å²) < 4.78 is 0. The van der Waals surface area contributed by atoms with Gasteiger partial charge < -0.3 is 10.2 Å². The van der Waals surface area contributed by atoms with E-state index in [1.54, 1.807) is 6.08 Å². The third-order valence-electron chi connectivity index (χ3n) is 3.53. The van der Waals surface area contributed by atoms with Crippen molar-refractivity contribution in [2.24, 2.45) is 0 Å². The summed E-state index contributed by atoms with van der Waals surface area (Å²) in [5.41, 5.74) is 2.59. The van der Waals surface area contributed by atoms with E-state index in [0.717, 1.165) is 25.9 Å². The van der Waals surface area contributed by atoms with Gasteiger partial charge in [0.2, 0.25) is 5.91 Å². The highest BCUT2D eigenvalue weighted by molar-refractivity contribution is 5.82. The van der Waals surface area contributed by atoms with Gasteiger partial charge in [-0.3, -0.25) is 4.79 Å². The zero-order valence-corrected chi connectivity index (χ0v) is 11.6. The number of benzene rings is 1. The van der Waals surface area contributed by atoms with Crippen molar-refractivity contribution >= 4 is 5.91 Å². The van der Waals surface area contributed by atoms with Crippen molar-refractivity contribution in [1.82, 2.24) is 10.2 Å². The summed E-state index contributed by atoms with van der Waals surface area (Å²) in [4.78, 5) is 14.4. The highest BCUT2D eigenvalue weighted by atomic mass is 16.2. The molecule has 1 aliphatic heterocycles. The lowest BCUT2D eigenvalue weighted by atomic mass is 9.95. The van der Waals surface area contributed by atoms with Crippen molar-refractivity contribution in [2.75, 3.05) is 13.1 Å². The maximum Gasteiger partial charge on any atom is 0.240 e. The highest BCUT2D eigenvalue weighted by Gasteiger charge is 2.26. The molecule has 0 radical (unpaired) electrons. The Bertz CT molecular complexity index is 456. The molecule has 0 saturated carbocycles. The Morgan fingerprint density at radius 3 is 2.89 bits per heavy atom. The Labute approximate surface area is 115 Å². The fraction of sp³-hybridized carbons (Fsp3) is 0.438. The molecular formula is C16H22N2O. The number of rotatable bonds is 5. The normalized spacial score (nSPS) is 17.6. The Hall–Kier alpha value is -1.61. The van der Waals surface area contributed by atoms with Crippen LogP contribution < -0.4 is 5.32 Å². The Morgan fingerprint density at radius 2 is 2.21 bits per heavy atom. The molecule has 1 N–H and O–H groups in total. The number of hydrogen-bond acceptors (Lipinski definition) is 2. The number of nitrogens with one attached hydrogen (secondary N) is 1. The zero-order chi connectivity index (χ0) is 13.7. The predicted octanol–water partition coefficient (Wildman–Crippen LogP) is 2.13. The molecule has 0 fully saturated rings. The van der Waals surface area contributed by atoms with Gasteiger partial charge in [-0.25, -0.2) is 0 Å². The molecule has 102 valence electrons. The van der Waals surface area contributed by atoms with Crippen LogP contribution in [0.3, 0.4) is 0 Å². The molecule has 1 aromatic carbocycles. The molecule has 0 aliphatic carbocycles. The smallest absolute Gasteiger partial charge is 0.240 e. The Morgan fingerprint density at radius 1 is 1.47 bits per heavy atom. The summed E-state index contributed by atoms with van der Waals surface area (Å²) in [7, 11) is 0. The van der Waals surface area contributed by atoms with Gasteiger partial charge in [0, 0.05) is 19.6 Å². The van der Waals surface area contributed by atoms with Gasteiger partial charge in [-0.15, -0.1) is 6.58 Å². The minimum absolute atomic E-state index is 0.0959. The fourth-order valence-corrected chi connectivity index (χ4v) is 2.57. The third kappa shape index (κ3) is 3.24. The second-order valence-electron chi connectivity index (χ2n) is 4.98. The van der Waals surface area contributed by atoms with E-state index in [2.05, 4.69) is 31.0 Å². The highest BCUT2D eigenvalue weighted by Crippen LogP contribution is 2.17. The van der Waals surface area contributed by atoms with Gasteiger partial charge in [0.25, 0.3) is 0 Å². The van der Waals surface area contributed by atoms with Crippen molar-refractivity contribution in [3.8, 4) is 0 Å². The molecule has 0 spiro atoms. The van der Waals surface area contributed by atoms with Gasteiger partial charge >= 0.3 is 0 Å². The molecule has 0 saturated heterocycles. The molecule has 3 nitrogen and oxygen atoms in total. The van der Waals surface area contributed by atoms with Gasteiger partial charge in [0.15, 0.2) is 0 Å². The molecule has 0 bridgehead atoms. The summed E-state index contributed by atoms with van der Waals surface area (Å²) in [6.45, 7) is 8.03. The number of carbonyl (C=O) groups excluding carboxylic acids is 1. The lowest BCUT2D eigenvalue weighted by Crippen LogP contribution is -2.49. The molecular weight excluding hydrogens is 236 g/mol. The molecule has 1 aliphatic rings. The topological polar surface area (TPSA) is 32.3 Å². The van der Waals surface area contributed by atoms with Crippen LogP contribution in [0.1, 0.15) is 24.5 Å². The van der Waals surface area contributed by atoms with Crippen LogP contribution >= 0.6 is 0 Å². The minimum atomic E-state index is -0.0959. The van der Waals surface area contributed by atoms with Gasteiger partial charge in [-0.2, -0.15) is 0 Å². The summed E-state index contributed by atoms with van der Waals surface area (Å²) >= 11 is 0. The van der Waals surface area contributed by atoms with Crippen LogP contribution in [-0.4, -0.2) is 29.9 Å². The van der Waals surface area contributed by atoms with Crippen molar-refractivity contribution in [1.29, 1.82) is 0 Å². The van der Waals surface area contributed by atoms with Crippen molar-refractivity contribution in [3.05, 3.63) is 48.0 Å². The van der Waals surface area contributed by atoms with Gasteiger partial charge in [0.05, 0.1) is 6.04 Å². The van der Waals surface area contributed by atoms with Crippen LogP contribution in [-0.2, 0) is 17.8 Å². The van der Waals surface area contributed by atoms with E-state index in [9.17, 15) is 4.79 Å². The average molecular weight is 258 g/mol. The Balaban J connectivity index is 2.06. The van der Waals surface area contributed by atoms with E-state index in [4.69, 9.17) is 0 Å². The largest absolute Gasteiger partial charge is 0.338 e. The molecule has 0 unspecified atom stereocenters. The molecule has 2 rings (SSSR count). The predicted molar refractivity (Wildman–Crippen MR) is 77.8 cm³/mol. The molecule has 0 aromatic heterocycles. The summed E-state index contributed by atoms with van der Waals surface area (Å²) in [6.07, 6.45) is 3.56. The lowest BCUT2D eigenvalue weighted by molar-refractivity contribution is -0.133. The van der Waals surface area contributed by atoms with E-state index in [-0.39, 0.29) is 11.9 Å². The van der Waals surface area contributed by atoms with E-state index >= 15 is 0 Å². The summed E-state index contributed by atoms with van der Waals surface area (Å²) in [6, 6.07) is 8.23. The molecule has 1 amide bonds. The monoisotopic (exact) mass is 258 g/mol. The van der Waals surface area contributed by atoms with Crippen LogP contribution in [0.4, 0.5) is 0 Å². The van der Waals surface area contributed by atoms with Gasteiger partial charge in [0.1, 0.15) is 0 Å². The molecule has 3 heteroatoms. The number of nitrogens with zero attached hydrogens (tertiary/aromatic N) is 1. The first-order chi connectivity index (χ1) is 9.26. The average Bonchev–Trinajstić information content (AvgIpc) is 2.46. The van der Waals surface area contributed by atoms with Crippen molar-refractivity contribution < 1.29 is 4.79 Å². The van der Waals surface area contributed by atoms with Crippen LogP contribution in [0.2, 0.25) is 0 Å². The molecule has 1 aromatic rings. The summed E-state index contributed by atoms with van der Waals surface area (Å²) in [5, 5.41) is 3.35. The third-order valence-corrected chi connectivity index (χ3v) is 3.53. The van der Waals surface area contributed by atoms with E-state index in [1.807, 2.05) is 17.0 Å². The minimum Gasteiger partial charge on any atom is -0.338 e. The van der Waals surface area contributed by atoms with Crippen LogP contribution in [0.15, 0.2) is 36.9 Å². The summed E-state index contributed by atoms with van der Waals surface area (Å²) in [5.74, 6) is 0.191. The van der Waals surface area contributed by atoms with Crippen LogP contribution in [0.5, 0.6) is 0 Å². The first kappa shape index (κ1) is 13.8. The number of fused-ring (bicyclic) bond motifs is 1. The molecule has 1 atom stereocenters. The van der Waals surface area contributed by atoms with E-state index < -0.39 is 0 Å². The van der Waals surface area contributed by atoms with Crippen molar-refractivity contribution in [3.63, 3.8) is 0 Å². The van der Waals surface area contributed by atoms with Crippen molar-refractivity contribution in [2.45, 2.75) is 32.4 Å². The maximum atomic E-state index is 12.5. The first-order valence-electron chi connectivity index (χ1n) is 6.96. The van der Waals surface area contributed by atoms with E-state index in [1.165, 1.54) is 11.1 Å². The van der Waals surface area contributed by atoms with Crippen LogP contribution in [0, 0.1) is 0 Å². The number of amides is 1. The number of carbonyl (C=O) groups is 1. The SMILES string of the molecule is C=CCN(CCC)C(=O)[C@@H]1Cc2ccccc2CN1. The fourth-order valence-electron chi connectivity index (χ4n) is 2.57. The Kier molecular flexibility index (Phi) is 4.74.